The molecule has 11 heteroatoms. The Kier molecular flexibility index (Phi) is 6.10. The maximum atomic E-state index is 12.6. The first kappa shape index (κ1) is 21.1. The first-order valence-corrected chi connectivity index (χ1v) is 11.8. The van der Waals surface area contributed by atoms with Gasteiger partial charge < -0.3 is 9.64 Å². The number of nitrogens with zero attached hydrogens (tertiary/aromatic N) is 1. The van der Waals surface area contributed by atoms with E-state index in [1.165, 1.54) is 30.3 Å². The van der Waals surface area contributed by atoms with Gasteiger partial charge in [-0.1, -0.05) is 12.1 Å². The predicted octanol–water partition coefficient (Wildman–Crippen LogP) is 1.14. The summed E-state index contributed by atoms with van der Waals surface area (Å²) < 4.78 is 55.9. The Balaban J connectivity index is 1.71. The molecular formula is C18H21N3O6S2. The highest BCUT2D eigenvalue weighted by Gasteiger charge is 2.19. The summed E-state index contributed by atoms with van der Waals surface area (Å²) in [5.74, 6) is 0.212. The third-order valence-corrected chi connectivity index (χ3v) is 6.64. The molecule has 1 aliphatic rings. The highest BCUT2D eigenvalue weighted by atomic mass is 32.2. The van der Waals surface area contributed by atoms with E-state index >= 15 is 0 Å². The van der Waals surface area contributed by atoms with Gasteiger partial charge >= 0.3 is 0 Å². The summed E-state index contributed by atoms with van der Waals surface area (Å²) in [6.07, 6.45) is 1.96. The lowest BCUT2D eigenvalue weighted by molar-refractivity contribution is -0.132. The summed E-state index contributed by atoms with van der Waals surface area (Å²) in [5, 5.41) is 5.05. The number of hydrogen-bond donors (Lipinski definition) is 2. The number of sulfonamides is 2. The Morgan fingerprint density at radius 1 is 1.00 bits per heavy atom. The lowest BCUT2D eigenvalue weighted by atomic mass is 10.3. The number of carbonyl (C=O) groups is 1. The minimum atomic E-state index is -4.06. The molecule has 0 atom stereocenters. The van der Waals surface area contributed by atoms with Crippen LogP contribution < -0.4 is 14.6 Å². The third-order valence-electron chi connectivity index (χ3n) is 4.35. The molecule has 0 unspecified atom stereocenters. The quantitative estimate of drug-likeness (QED) is 0.664. The number of primary sulfonamides is 1. The molecule has 0 radical (unpaired) electrons. The predicted molar refractivity (Wildman–Crippen MR) is 106 cm³/mol. The van der Waals surface area contributed by atoms with Gasteiger partial charge in [-0.25, -0.2) is 22.0 Å². The van der Waals surface area contributed by atoms with Gasteiger partial charge in [-0.05, 0) is 43.2 Å². The van der Waals surface area contributed by atoms with Gasteiger partial charge in [0.25, 0.3) is 15.9 Å². The Morgan fingerprint density at radius 2 is 1.66 bits per heavy atom. The summed E-state index contributed by atoms with van der Waals surface area (Å²) >= 11 is 0. The highest BCUT2D eigenvalue weighted by molar-refractivity contribution is 7.93. The molecular weight excluding hydrogens is 418 g/mol. The van der Waals surface area contributed by atoms with E-state index in [1.54, 1.807) is 17.0 Å². The maximum absolute atomic E-state index is 12.6. The van der Waals surface area contributed by atoms with Crippen LogP contribution in [0, 0.1) is 0 Å². The van der Waals surface area contributed by atoms with Crippen molar-refractivity contribution in [3.05, 3.63) is 48.5 Å². The molecule has 0 saturated carbocycles. The number of nitrogens with one attached hydrogen (secondary N) is 1. The Morgan fingerprint density at radius 3 is 2.34 bits per heavy atom. The second kappa shape index (κ2) is 8.39. The molecule has 1 saturated heterocycles. The molecule has 0 aliphatic carbocycles. The number of anilines is 1. The van der Waals surface area contributed by atoms with Crippen molar-refractivity contribution in [2.75, 3.05) is 24.4 Å². The molecule has 29 heavy (non-hydrogen) atoms. The molecule has 1 fully saturated rings. The average molecular weight is 440 g/mol. The van der Waals surface area contributed by atoms with E-state index in [2.05, 4.69) is 4.72 Å². The number of ether oxygens (including phenoxy) is 1. The standard InChI is InChI=1S/C18H21N3O6S2/c19-28(23,24)16-7-4-8-17(12-16)29(25,26)20-14-5-3-6-15(11-14)27-13-18(22)21-9-1-2-10-21/h3-8,11-12,20H,1-2,9-10,13H2,(H2,19,23,24). The summed E-state index contributed by atoms with van der Waals surface area (Å²) in [5.41, 5.74) is 0.206. The van der Waals surface area contributed by atoms with E-state index in [9.17, 15) is 21.6 Å². The largest absolute Gasteiger partial charge is 0.484 e. The zero-order chi connectivity index (χ0) is 21.1. The van der Waals surface area contributed by atoms with Gasteiger partial charge in [-0.15, -0.1) is 0 Å². The summed E-state index contributed by atoms with van der Waals surface area (Å²) in [7, 11) is -8.09. The number of nitrogens with two attached hydrogens (primary N) is 1. The van der Waals surface area contributed by atoms with Crippen LogP contribution in [0.2, 0.25) is 0 Å². The Hall–Kier alpha value is -2.63. The fraction of sp³-hybridized carbons (Fsp3) is 0.278. The lowest BCUT2D eigenvalue weighted by Crippen LogP contribution is -2.32. The van der Waals surface area contributed by atoms with E-state index in [-0.39, 0.29) is 28.0 Å². The van der Waals surface area contributed by atoms with E-state index in [4.69, 9.17) is 9.88 Å². The van der Waals surface area contributed by atoms with Crippen LogP contribution in [-0.4, -0.2) is 47.3 Å². The second-order valence-electron chi connectivity index (χ2n) is 6.53. The van der Waals surface area contributed by atoms with Gasteiger partial charge in [-0.3, -0.25) is 9.52 Å². The van der Waals surface area contributed by atoms with Gasteiger partial charge in [0.15, 0.2) is 6.61 Å². The first-order valence-electron chi connectivity index (χ1n) is 8.81. The van der Waals surface area contributed by atoms with Crippen molar-refractivity contribution in [3.8, 4) is 5.75 Å². The van der Waals surface area contributed by atoms with Crippen LogP contribution >= 0.6 is 0 Å². The average Bonchev–Trinajstić information content (AvgIpc) is 3.20. The minimum Gasteiger partial charge on any atom is -0.484 e. The molecule has 0 bridgehead atoms. The van der Waals surface area contributed by atoms with Crippen molar-refractivity contribution in [2.45, 2.75) is 22.6 Å². The number of likely N-dealkylation sites (tertiary alicyclic amines) is 1. The molecule has 1 aliphatic heterocycles. The third kappa shape index (κ3) is 5.46. The summed E-state index contributed by atoms with van der Waals surface area (Å²) in [6.45, 7) is 1.31. The molecule has 1 heterocycles. The second-order valence-corrected chi connectivity index (χ2v) is 9.77. The van der Waals surface area contributed by atoms with Crippen molar-refractivity contribution >= 4 is 31.6 Å². The molecule has 0 aromatic heterocycles. The van der Waals surface area contributed by atoms with Gasteiger partial charge in [-0.2, -0.15) is 0 Å². The van der Waals surface area contributed by atoms with E-state index in [1.807, 2.05) is 0 Å². The van der Waals surface area contributed by atoms with Crippen molar-refractivity contribution in [1.29, 1.82) is 0 Å². The van der Waals surface area contributed by atoms with Crippen molar-refractivity contribution < 1.29 is 26.4 Å². The molecule has 3 N–H and O–H groups in total. The Bertz CT molecular complexity index is 1110. The molecule has 9 nitrogen and oxygen atoms in total. The maximum Gasteiger partial charge on any atom is 0.261 e. The van der Waals surface area contributed by atoms with Crippen LogP contribution in [0.4, 0.5) is 5.69 Å². The summed E-state index contributed by atoms with van der Waals surface area (Å²) in [4.78, 5) is 13.2. The molecule has 0 spiro atoms. The fourth-order valence-electron chi connectivity index (χ4n) is 2.88. The van der Waals surface area contributed by atoms with Gasteiger partial charge in [0, 0.05) is 19.2 Å². The van der Waals surface area contributed by atoms with Gasteiger partial charge in [0.2, 0.25) is 10.0 Å². The number of rotatable bonds is 7. The van der Waals surface area contributed by atoms with Crippen molar-refractivity contribution in [3.63, 3.8) is 0 Å². The van der Waals surface area contributed by atoms with E-state index in [0.29, 0.717) is 5.75 Å². The monoisotopic (exact) mass is 439 g/mol. The zero-order valence-electron chi connectivity index (χ0n) is 15.4. The number of carbonyl (C=O) groups excluding carboxylic acids is 1. The smallest absolute Gasteiger partial charge is 0.261 e. The SMILES string of the molecule is NS(=O)(=O)c1cccc(S(=O)(=O)Nc2cccc(OCC(=O)N3CCCC3)c2)c1. The minimum absolute atomic E-state index is 0.117. The first-order chi connectivity index (χ1) is 13.6. The molecule has 1 amide bonds. The van der Waals surface area contributed by atoms with Crippen LogP contribution in [-0.2, 0) is 24.8 Å². The molecule has 3 rings (SSSR count). The van der Waals surface area contributed by atoms with E-state index in [0.717, 1.165) is 32.0 Å². The van der Waals surface area contributed by atoms with Crippen molar-refractivity contribution in [2.24, 2.45) is 5.14 Å². The fourth-order valence-corrected chi connectivity index (χ4v) is 4.61. The van der Waals surface area contributed by atoms with Crippen LogP contribution in [0.25, 0.3) is 0 Å². The zero-order valence-corrected chi connectivity index (χ0v) is 17.1. The van der Waals surface area contributed by atoms with Gasteiger partial charge in [0.05, 0.1) is 15.5 Å². The van der Waals surface area contributed by atoms with Crippen LogP contribution in [0.3, 0.4) is 0 Å². The number of hydrogen-bond acceptors (Lipinski definition) is 6. The summed E-state index contributed by atoms with van der Waals surface area (Å²) in [6, 6.07) is 10.9. The van der Waals surface area contributed by atoms with Crippen LogP contribution in [0.5, 0.6) is 5.75 Å². The van der Waals surface area contributed by atoms with E-state index < -0.39 is 20.0 Å². The number of amides is 1. The van der Waals surface area contributed by atoms with Crippen LogP contribution in [0.15, 0.2) is 58.3 Å². The molecule has 2 aromatic carbocycles. The molecule has 2 aromatic rings. The normalized spacial score (nSPS) is 14.6. The van der Waals surface area contributed by atoms with Crippen molar-refractivity contribution in [1.82, 2.24) is 4.90 Å². The number of benzene rings is 2. The van der Waals surface area contributed by atoms with Crippen LogP contribution in [0.1, 0.15) is 12.8 Å². The lowest BCUT2D eigenvalue weighted by Gasteiger charge is -2.16. The Labute approximate surface area is 169 Å². The highest BCUT2D eigenvalue weighted by Crippen LogP contribution is 2.22. The molecule has 156 valence electrons. The topological polar surface area (TPSA) is 136 Å². The van der Waals surface area contributed by atoms with Gasteiger partial charge in [0.1, 0.15) is 5.75 Å².